The lowest BCUT2D eigenvalue weighted by molar-refractivity contribution is 0.231. The lowest BCUT2D eigenvalue weighted by atomic mass is 10.2. The van der Waals surface area contributed by atoms with E-state index in [2.05, 4.69) is 20.0 Å². The van der Waals surface area contributed by atoms with Gasteiger partial charge >= 0.3 is 0 Å². The number of hydrogen-bond acceptors (Lipinski definition) is 7. The van der Waals surface area contributed by atoms with Gasteiger partial charge in [-0.15, -0.1) is 11.3 Å². The van der Waals surface area contributed by atoms with Gasteiger partial charge in [0.1, 0.15) is 0 Å². The quantitative estimate of drug-likeness (QED) is 0.728. The summed E-state index contributed by atoms with van der Waals surface area (Å²) in [5, 5.41) is 5.98. The minimum atomic E-state index is -0.0326. The lowest BCUT2D eigenvalue weighted by Crippen LogP contribution is -2.25. The summed E-state index contributed by atoms with van der Waals surface area (Å²) in [5.41, 5.74) is 0.762. The normalized spacial score (nSPS) is 18.9. The van der Waals surface area contributed by atoms with Gasteiger partial charge in [0.2, 0.25) is 5.89 Å². The van der Waals surface area contributed by atoms with Crippen molar-refractivity contribution < 1.29 is 4.52 Å². The number of nitrogens with zero attached hydrogens (tertiary/aromatic N) is 5. The highest BCUT2D eigenvalue weighted by Crippen LogP contribution is 2.31. The third kappa shape index (κ3) is 2.68. The molecule has 1 aliphatic rings. The summed E-state index contributed by atoms with van der Waals surface area (Å²) in [7, 11) is 0. The van der Waals surface area contributed by atoms with Crippen molar-refractivity contribution in [2.45, 2.75) is 38.8 Å². The average Bonchev–Trinajstić information content (AvgIpc) is 3.26. The van der Waals surface area contributed by atoms with Crippen molar-refractivity contribution in [3.8, 4) is 0 Å². The topological polar surface area (TPSA) is 76.5 Å². The van der Waals surface area contributed by atoms with Gasteiger partial charge in [-0.25, -0.2) is 4.98 Å². The first-order valence-electron chi connectivity index (χ1n) is 7.77. The van der Waals surface area contributed by atoms with E-state index < -0.39 is 0 Å². The Morgan fingerprint density at radius 1 is 1.43 bits per heavy atom. The molecular weight excluding hydrogens is 314 g/mol. The SMILES string of the molecule is CCc1nc(C2CCCN2Cc2cc(=O)n3ccsc3n2)no1. The molecule has 1 atom stereocenters. The second-order valence-corrected chi connectivity index (χ2v) is 6.54. The molecule has 3 aromatic heterocycles. The van der Waals surface area contributed by atoms with E-state index in [0.717, 1.165) is 42.3 Å². The summed E-state index contributed by atoms with van der Waals surface area (Å²) in [5.74, 6) is 1.41. The Morgan fingerprint density at radius 3 is 3.17 bits per heavy atom. The Bertz CT molecular complexity index is 883. The van der Waals surface area contributed by atoms with Crippen LogP contribution in [-0.2, 0) is 13.0 Å². The molecule has 0 radical (unpaired) electrons. The Morgan fingerprint density at radius 2 is 2.35 bits per heavy atom. The van der Waals surface area contributed by atoms with Crippen LogP contribution in [0.5, 0.6) is 0 Å². The molecule has 4 rings (SSSR count). The number of likely N-dealkylation sites (tertiary alicyclic amines) is 1. The van der Waals surface area contributed by atoms with Crippen molar-refractivity contribution in [2.24, 2.45) is 0 Å². The largest absolute Gasteiger partial charge is 0.339 e. The maximum absolute atomic E-state index is 12.1. The second-order valence-electron chi connectivity index (χ2n) is 5.67. The number of rotatable bonds is 4. The molecule has 7 nitrogen and oxygen atoms in total. The van der Waals surface area contributed by atoms with E-state index in [1.54, 1.807) is 16.7 Å². The highest BCUT2D eigenvalue weighted by atomic mass is 32.1. The van der Waals surface area contributed by atoms with E-state index >= 15 is 0 Å². The third-order valence-corrected chi connectivity index (χ3v) is 4.93. The number of fused-ring (bicyclic) bond motifs is 1. The molecule has 1 aliphatic heterocycles. The van der Waals surface area contributed by atoms with Gasteiger partial charge in [0.15, 0.2) is 10.8 Å². The molecule has 3 aromatic rings. The summed E-state index contributed by atoms with van der Waals surface area (Å²) in [6.45, 7) is 3.58. The van der Waals surface area contributed by atoms with E-state index in [0.29, 0.717) is 12.4 Å². The number of hydrogen-bond donors (Lipinski definition) is 0. The van der Waals surface area contributed by atoms with E-state index in [1.165, 1.54) is 11.3 Å². The van der Waals surface area contributed by atoms with Crippen LogP contribution in [0.3, 0.4) is 0 Å². The molecule has 23 heavy (non-hydrogen) atoms. The first kappa shape index (κ1) is 14.5. The number of aryl methyl sites for hydroxylation is 1. The van der Waals surface area contributed by atoms with Gasteiger partial charge in [0.25, 0.3) is 5.56 Å². The van der Waals surface area contributed by atoms with Crippen LogP contribution >= 0.6 is 11.3 Å². The minimum absolute atomic E-state index is 0.0326. The Labute approximate surface area is 136 Å². The fourth-order valence-corrected chi connectivity index (χ4v) is 3.77. The van der Waals surface area contributed by atoms with Gasteiger partial charge in [-0.2, -0.15) is 4.98 Å². The van der Waals surface area contributed by atoms with E-state index in [-0.39, 0.29) is 11.6 Å². The summed E-state index contributed by atoms with van der Waals surface area (Å²) in [6.07, 6.45) is 4.58. The molecule has 0 N–H and O–H groups in total. The zero-order valence-electron chi connectivity index (χ0n) is 12.8. The molecule has 1 fully saturated rings. The van der Waals surface area contributed by atoms with Crippen molar-refractivity contribution in [2.75, 3.05) is 6.54 Å². The maximum Gasteiger partial charge on any atom is 0.258 e. The van der Waals surface area contributed by atoms with Gasteiger partial charge in [-0.3, -0.25) is 14.1 Å². The highest BCUT2D eigenvalue weighted by Gasteiger charge is 2.30. The molecule has 0 saturated carbocycles. The lowest BCUT2D eigenvalue weighted by Gasteiger charge is -2.21. The first-order chi connectivity index (χ1) is 11.2. The van der Waals surface area contributed by atoms with Gasteiger partial charge in [0, 0.05) is 30.6 Å². The van der Waals surface area contributed by atoms with Crippen LogP contribution < -0.4 is 5.56 Å². The summed E-state index contributed by atoms with van der Waals surface area (Å²) >= 11 is 1.47. The van der Waals surface area contributed by atoms with Crippen molar-refractivity contribution >= 4 is 16.3 Å². The zero-order chi connectivity index (χ0) is 15.8. The summed E-state index contributed by atoms with van der Waals surface area (Å²) in [4.78, 5) is 24.1. The third-order valence-electron chi connectivity index (χ3n) is 4.17. The molecule has 0 aliphatic carbocycles. The van der Waals surface area contributed by atoms with E-state index in [4.69, 9.17) is 4.52 Å². The Balaban J connectivity index is 1.59. The molecular formula is C15H17N5O2S. The van der Waals surface area contributed by atoms with Crippen LogP contribution in [0.15, 0.2) is 27.0 Å². The van der Waals surface area contributed by atoms with Crippen LogP contribution in [-0.4, -0.2) is 31.0 Å². The fourth-order valence-electron chi connectivity index (χ4n) is 3.03. The predicted octanol–water partition coefficient (Wildman–Crippen LogP) is 2.04. The Hall–Kier alpha value is -2.06. The molecule has 1 unspecified atom stereocenters. The molecule has 120 valence electrons. The molecule has 0 aromatic carbocycles. The van der Waals surface area contributed by atoms with E-state index in [1.807, 2.05) is 12.3 Å². The smallest absolute Gasteiger partial charge is 0.258 e. The van der Waals surface area contributed by atoms with Gasteiger partial charge < -0.3 is 4.52 Å². The summed E-state index contributed by atoms with van der Waals surface area (Å²) in [6, 6.07) is 1.76. The molecule has 0 amide bonds. The van der Waals surface area contributed by atoms with Crippen molar-refractivity contribution in [1.82, 2.24) is 24.4 Å². The molecule has 8 heteroatoms. The molecule has 1 saturated heterocycles. The minimum Gasteiger partial charge on any atom is -0.339 e. The predicted molar refractivity (Wildman–Crippen MR) is 85.4 cm³/mol. The van der Waals surface area contributed by atoms with E-state index in [9.17, 15) is 4.79 Å². The maximum atomic E-state index is 12.1. The monoisotopic (exact) mass is 331 g/mol. The molecule has 0 spiro atoms. The number of thiazole rings is 1. The standard InChI is InChI=1S/C15H17N5O2S/c1-2-12-17-14(18-22-12)11-4-3-5-19(11)9-10-8-13(21)20-6-7-23-15(20)16-10/h6-8,11H,2-5,9H2,1H3. The highest BCUT2D eigenvalue weighted by molar-refractivity contribution is 7.15. The Kier molecular flexibility index (Phi) is 3.70. The van der Waals surface area contributed by atoms with Crippen molar-refractivity contribution in [3.63, 3.8) is 0 Å². The number of aromatic nitrogens is 4. The van der Waals surface area contributed by atoms with Gasteiger partial charge in [0.05, 0.1) is 11.7 Å². The van der Waals surface area contributed by atoms with Gasteiger partial charge in [-0.1, -0.05) is 12.1 Å². The van der Waals surface area contributed by atoms with Gasteiger partial charge in [-0.05, 0) is 19.4 Å². The van der Waals surface area contributed by atoms with Crippen molar-refractivity contribution in [3.05, 3.63) is 45.4 Å². The second kappa shape index (κ2) is 5.86. The van der Waals surface area contributed by atoms with Crippen LogP contribution in [0.1, 0.15) is 43.2 Å². The van der Waals surface area contributed by atoms with Crippen LogP contribution in [0.4, 0.5) is 0 Å². The first-order valence-corrected chi connectivity index (χ1v) is 8.65. The van der Waals surface area contributed by atoms with Crippen LogP contribution in [0, 0.1) is 0 Å². The molecule has 4 heterocycles. The van der Waals surface area contributed by atoms with Crippen LogP contribution in [0.25, 0.3) is 4.96 Å². The fraction of sp³-hybridized carbons (Fsp3) is 0.467. The molecule has 0 bridgehead atoms. The summed E-state index contributed by atoms with van der Waals surface area (Å²) < 4.78 is 6.81. The van der Waals surface area contributed by atoms with Crippen molar-refractivity contribution in [1.29, 1.82) is 0 Å². The average molecular weight is 331 g/mol. The van der Waals surface area contributed by atoms with Crippen LogP contribution in [0.2, 0.25) is 0 Å². The zero-order valence-corrected chi connectivity index (χ0v) is 13.6.